The van der Waals surface area contributed by atoms with E-state index in [-0.39, 0.29) is 41.9 Å². The zero-order valence-electron chi connectivity index (χ0n) is 14.3. The van der Waals surface area contributed by atoms with Gasteiger partial charge in [-0.2, -0.15) is 0 Å². The van der Waals surface area contributed by atoms with E-state index >= 15 is 0 Å². The van der Waals surface area contributed by atoms with Crippen LogP contribution in [0.3, 0.4) is 0 Å². The van der Waals surface area contributed by atoms with Crippen molar-refractivity contribution < 1.29 is 28.7 Å². The molecule has 0 N–H and O–H groups in total. The molecule has 0 aliphatic rings. The molecular weight excluding hydrogens is 478 g/mol. The normalized spacial score (nSPS) is 12.8. The molecule has 0 heterocycles. The Kier molecular flexibility index (Phi) is 9.57. The molecule has 0 spiro atoms. The van der Waals surface area contributed by atoms with E-state index in [4.69, 9.17) is 14.2 Å². The highest BCUT2D eigenvalue weighted by Crippen LogP contribution is 2.25. The second-order valence-electron chi connectivity index (χ2n) is 5.26. The molecule has 2 unspecified atom stereocenters. The number of hydrogen-bond donors (Lipinski definition) is 0. The zero-order chi connectivity index (χ0) is 19.7. The van der Waals surface area contributed by atoms with Crippen molar-refractivity contribution in [3.63, 3.8) is 0 Å². The minimum Gasteiger partial charge on any atom is -0.493 e. The maximum Gasteiger partial charge on any atom is 0.319 e. The average Bonchev–Trinajstić information content (AvgIpc) is 2.58. The maximum atomic E-state index is 11.5. The molecule has 2 atom stereocenters. The van der Waals surface area contributed by atoms with E-state index in [9.17, 15) is 19.7 Å². The number of ether oxygens (including phenoxy) is 3. The molecule has 1 aromatic rings. The van der Waals surface area contributed by atoms with Crippen molar-refractivity contribution in [3.05, 3.63) is 33.9 Å². The van der Waals surface area contributed by atoms with Crippen molar-refractivity contribution in [2.75, 3.05) is 13.2 Å². The Morgan fingerprint density at radius 1 is 1.12 bits per heavy atom. The van der Waals surface area contributed by atoms with Crippen molar-refractivity contribution >= 4 is 49.5 Å². The Morgan fingerprint density at radius 2 is 1.73 bits per heavy atom. The smallest absolute Gasteiger partial charge is 0.319 e. The second kappa shape index (κ2) is 11.1. The number of nitro benzene ring substituents is 1. The lowest BCUT2D eigenvalue weighted by atomic mass is 10.2. The first-order chi connectivity index (χ1) is 12.2. The Bertz CT molecular complexity index is 649. The standard InChI is InChI=1S/C16H19Br2NO7/c1-10(17)15(20)25-7-3-6-24-13-4-5-14(19(22)23)12(8-13)9-26-16(21)11(2)18/h4-5,8,10-11H,3,6-7,9H2,1-2H3. The molecule has 26 heavy (non-hydrogen) atoms. The van der Waals surface area contributed by atoms with Gasteiger partial charge in [0.1, 0.15) is 22.0 Å². The second-order valence-corrected chi connectivity index (χ2v) is 8.00. The van der Waals surface area contributed by atoms with Gasteiger partial charge >= 0.3 is 11.9 Å². The van der Waals surface area contributed by atoms with Crippen molar-refractivity contribution in [1.82, 2.24) is 0 Å². The van der Waals surface area contributed by atoms with Gasteiger partial charge in [-0.3, -0.25) is 19.7 Å². The highest BCUT2D eigenvalue weighted by atomic mass is 79.9. The molecule has 10 heteroatoms. The summed E-state index contributed by atoms with van der Waals surface area (Å²) in [5.41, 5.74) is 0.0705. The molecule has 8 nitrogen and oxygen atoms in total. The Balaban J connectivity index is 2.61. The Hall–Kier alpha value is -1.68. The van der Waals surface area contributed by atoms with Gasteiger partial charge in [-0.15, -0.1) is 0 Å². The van der Waals surface area contributed by atoms with Gasteiger partial charge in [-0.25, -0.2) is 0 Å². The topological polar surface area (TPSA) is 105 Å². The molecule has 144 valence electrons. The quantitative estimate of drug-likeness (QED) is 0.160. The van der Waals surface area contributed by atoms with Crippen LogP contribution in [0.15, 0.2) is 18.2 Å². The predicted molar refractivity (Wildman–Crippen MR) is 101 cm³/mol. The van der Waals surface area contributed by atoms with E-state index in [1.165, 1.54) is 18.2 Å². The van der Waals surface area contributed by atoms with E-state index < -0.39 is 15.7 Å². The summed E-state index contributed by atoms with van der Waals surface area (Å²) < 4.78 is 15.5. The first-order valence-electron chi connectivity index (χ1n) is 7.74. The number of nitro groups is 1. The number of hydrogen-bond acceptors (Lipinski definition) is 7. The lowest BCUT2D eigenvalue weighted by Crippen LogP contribution is -2.16. The van der Waals surface area contributed by atoms with Gasteiger partial charge in [-0.05, 0) is 26.0 Å². The molecule has 0 aliphatic heterocycles. The number of carbonyl (C=O) groups excluding carboxylic acids is 2. The molecule has 0 saturated heterocycles. The summed E-state index contributed by atoms with van der Waals surface area (Å²) in [5.74, 6) is -0.479. The van der Waals surface area contributed by atoms with Crippen LogP contribution in [-0.4, -0.2) is 39.7 Å². The summed E-state index contributed by atoms with van der Waals surface area (Å²) in [6.07, 6.45) is 0.466. The summed E-state index contributed by atoms with van der Waals surface area (Å²) in [5, 5.41) is 11.1. The fraction of sp³-hybridized carbons (Fsp3) is 0.500. The predicted octanol–water partition coefficient (Wildman–Crippen LogP) is 3.52. The minimum atomic E-state index is -0.550. The number of halogens is 2. The molecule has 1 rings (SSSR count). The van der Waals surface area contributed by atoms with Crippen LogP contribution in [0.2, 0.25) is 0 Å². The van der Waals surface area contributed by atoms with Crippen LogP contribution >= 0.6 is 31.9 Å². The number of rotatable bonds is 10. The zero-order valence-corrected chi connectivity index (χ0v) is 17.4. The molecule has 0 bridgehead atoms. The van der Waals surface area contributed by atoms with Crippen LogP contribution in [0.5, 0.6) is 5.75 Å². The highest BCUT2D eigenvalue weighted by Gasteiger charge is 2.18. The molecule has 0 fully saturated rings. The van der Waals surface area contributed by atoms with E-state index in [2.05, 4.69) is 31.9 Å². The summed E-state index contributed by atoms with van der Waals surface area (Å²) in [6, 6.07) is 4.21. The van der Waals surface area contributed by atoms with Crippen LogP contribution in [0.1, 0.15) is 25.8 Å². The Labute approximate surface area is 167 Å². The summed E-state index contributed by atoms with van der Waals surface area (Å²) in [6.45, 7) is 3.50. The van der Waals surface area contributed by atoms with E-state index in [1.54, 1.807) is 13.8 Å². The molecular formula is C16H19Br2NO7. The van der Waals surface area contributed by atoms with Gasteiger partial charge in [-0.1, -0.05) is 31.9 Å². The maximum absolute atomic E-state index is 11.5. The molecule has 0 saturated carbocycles. The Morgan fingerprint density at radius 3 is 2.31 bits per heavy atom. The summed E-state index contributed by atoms with van der Waals surface area (Å²) in [7, 11) is 0. The van der Waals surface area contributed by atoms with Gasteiger partial charge in [0.05, 0.1) is 23.7 Å². The van der Waals surface area contributed by atoms with E-state index in [0.29, 0.717) is 12.2 Å². The third-order valence-electron chi connectivity index (χ3n) is 3.07. The minimum absolute atomic E-state index is 0.160. The SMILES string of the molecule is CC(Br)C(=O)OCCCOc1ccc([N+](=O)[O-])c(COC(=O)C(C)Br)c1. The number of nitrogens with zero attached hydrogens (tertiary/aromatic N) is 1. The number of carbonyl (C=O) groups is 2. The lowest BCUT2D eigenvalue weighted by molar-refractivity contribution is -0.385. The van der Waals surface area contributed by atoms with Crippen LogP contribution in [-0.2, 0) is 25.7 Å². The third kappa shape index (κ3) is 7.69. The van der Waals surface area contributed by atoms with Crippen molar-refractivity contribution in [2.45, 2.75) is 36.5 Å². The molecule has 0 radical (unpaired) electrons. The number of alkyl halides is 2. The fourth-order valence-electron chi connectivity index (χ4n) is 1.75. The van der Waals surface area contributed by atoms with E-state index in [0.717, 1.165) is 0 Å². The molecule has 0 aliphatic carbocycles. The summed E-state index contributed by atoms with van der Waals surface area (Å²) >= 11 is 6.18. The van der Waals surface area contributed by atoms with Crippen molar-refractivity contribution in [2.24, 2.45) is 0 Å². The highest BCUT2D eigenvalue weighted by molar-refractivity contribution is 9.10. The summed E-state index contributed by atoms with van der Waals surface area (Å²) in [4.78, 5) is 32.5. The van der Waals surface area contributed by atoms with Gasteiger partial charge in [0.25, 0.3) is 5.69 Å². The molecule has 0 amide bonds. The van der Waals surface area contributed by atoms with Crippen LogP contribution in [0, 0.1) is 10.1 Å². The third-order valence-corrected chi connectivity index (χ3v) is 3.82. The van der Waals surface area contributed by atoms with Crippen molar-refractivity contribution in [3.8, 4) is 5.75 Å². The van der Waals surface area contributed by atoms with Crippen LogP contribution < -0.4 is 4.74 Å². The number of esters is 2. The molecule has 1 aromatic carbocycles. The average molecular weight is 497 g/mol. The van der Waals surface area contributed by atoms with Gasteiger partial charge < -0.3 is 14.2 Å². The van der Waals surface area contributed by atoms with E-state index in [1.807, 2.05) is 0 Å². The van der Waals surface area contributed by atoms with Gasteiger partial charge in [0, 0.05) is 12.5 Å². The number of benzene rings is 1. The monoisotopic (exact) mass is 495 g/mol. The largest absolute Gasteiger partial charge is 0.493 e. The first-order valence-corrected chi connectivity index (χ1v) is 9.57. The van der Waals surface area contributed by atoms with Crippen LogP contribution in [0.4, 0.5) is 5.69 Å². The fourth-order valence-corrected chi connectivity index (χ4v) is 2.01. The van der Waals surface area contributed by atoms with Gasteiger partial charge in [0.15, 0.2) is 0 Å². The van der Waals surface area contributed by atoms with Gasteiger partial charge in [0.2, 0.25) is 0 Å². The molecule has 0 aromatic heterocycles. The lowest BCUT2D eigenvalue weighted by Gasteiger charge is -2.10. The van der Waals surface area contributed by atoms with Crippen molar-refractivity contribution in [1.29, 1.82) is 0 Å². The first kappa shape index (κ1) is 22.4. The van der Waals surface area contributed by atoms with Crippen LogP contribution in [0.25, 0.3) is 0 Å².